The highest BCUT2D eigenvalue weighted by Gasteiger charge is 2.22. The summed E-state index contributed by atoms with van der Waals surface area (Å²) in [6.45, 7) is 9.98. The van der Waals surface area contributed by atoms with Gasteiger partial charge in [-0.2, -0.15) is 5.10 Å². The Kier molecular flexibility index (Phi) is 5.26. The van der Waals surface area contributed by atoms with Crippen LogP contribution in [0, 0.1) is 18.7 Å². The summed E-state index contributed by atoms with van der Waals surface area (Å²) in [5.41, 5.74) is 2.90. The number of halogens is 1. The van der Waals surface area contributed by atoms with Crippen molar-refractivity contribution in [2.75, 3.05) is 0 Å². The molecular weight excluding hydrogens is 343 g/mol. The number of amides is 1. The summed E-state index contributed by atoms with van der Waals surface area (Å²) in [6, 6.07) is 7.97. The monoisotopic (exact) mass is 368 g/mol. The summed E-state index contributed by atoms with van der Waals surface area (Å²) in [5, 5.41) is 8.22. The van der Waals surface area contributed by atoms with Crippen molar-refractivity contribution in [2.45, 2.75) is 46.7 Å². The minimum Gasteiger partial charge on any atom is -0.345 e. The number of nitrogens with one attached hydrogen (secondary N) is 1. The molecule has 1 unspecified atom stereocenters. The van der Waals surface area contributed by atoms with Crippen molar-refractivity contribution in [3.05, 3.63) is 59.2 Å². The predicted molar refractivity (Wildman–Crippen MR) is 104 cm³/mol. The number of carbonyl (C=O) groups is 1. The maximum absolute atomic E-state index is 13.3. The number of aromatic nitrogens is 3. The van der Waals surface area contributed by atoms with Gasteiger partial charge in [-0.25, -0.2) is 14.1 Å². The van der Waals surface area contributed by atoms with E-state index in [2.05, 4.69) is 15.4 Å². The third-order valence-electron chi connectivity index (χ3n) is 4.61. The molecule has 0 saturated carbocycles. The van der Waals surface area contributed by atoms with E-state index in [1.807, 2.05) is 39.3 Å². The van der Waals surface area contributed by atoms with E-state index in [0.29, 0.717) is 11.2 Å². The standard InChI is InChI=1S/C21H25FN4O/c1-12(2)19(15-6-8-16(22)9-7-15)25-21(27)17-10-14(5)24-20-18(17)11-23-26(20)13(3)4/h6-13,19H,1-5H3,(H,25,27). The van der Waals surface area contributed by atoms with Crippen LogP contribution in [0.1, 0.15) is 61.4 Å². The molecule has 2 heterocycles. The normalized spacial score (nSPS) is 12.7. The molecular formula is C21H25FN4O. The van der Waals surface area contributed by atoms with E-state index >= 15 is 0 Å². The van der Waals surface area contributed by atoms with Crippen molar-refractivity contribution in [3.8, 4) is 0 Å². The Hall–Kier alpha value is -2.76. The number of benzene rings is 1. The van der Waals surface area contributed by atoms with Crippen LogP contribution in [0.25, 0.3) is 11.0 Å². The van der Waals surface area contributed by atoms with Crippen molar-refractivity contribution >= 4 is 16.9 Å². The molecule has 0 aliphatic rings. The number of hydrogen-bond donors (Lipinski definition) is 1. The highest BCUT2D eigenvalue weighted by molar-refractivity contribution is 6.05. The fraction of sp³-hybridized carbons (Fsp3) is 0.381. The third kappa shape index (κ3) is 3.84. The first-order chi connectivity index (χ1) is 12.8. The largest absolute Gasteiger partial charge is 0.345 e. The minimum atomic E-state index is -0.292. The molecule has 1 amide bonds. The molecule has 1 N–H and O–H groups in total. The van der Waals surface area contributed by atoms with Crippen molar-refractivity contribution < 1.29 is 9.18 Å². The number of pyridine rings is 1. The Bertz CT molecular complexity index is 960. The lowest BCUT2D eigenvalue weighted by Crippen LogP contribution is -2.32. The van der Waals surface area contributed by atoms with Gasteiger partial charge in [0.25, 0.3) is 5.91 Å². The SMILES string of the molecule is Cc1cc(C(=O)NC(c2ccc(F)cc2)C(C)C)c2cnn(C(C)C)c2n1. The van der Waals surface area contributed by atoms with Crippen LogP contribution in [0.3, 0.4) is 0 Å². The van der Waals surface area contributed by atoms with Crippen LogP contribution in [-0.4, -0.2) is 20.7 Å². The average molecular weight is 368 g/mol. The molecule has 0 fully saturated rings. The van der Waals surface area contributed by atoms with E-state index in [4.69, 9.17) is 0 Å². The van der Waals surface area contributed by atoms with Crippen LogP contribution in [0.5, 0.6) is 0 Å². The van der Waals surface area contributed by atoms with Gasteiger partial charge in [0.05, 0.1) is 23.2 Å². The van der Waals surface area contributed by atoms with Gasteiger partial charge in [0.15, 0.2) is 5.65 Å². The predicted octanol–water partition coefficient (Wildman–Crippen LogP) is 4.59. The zero-order valence-corrected chi connectivity index (χ0v) is 16.3. The highest BCUT2D eigenvalue weighted by atomic mass is 19.1. The second-order valence-electron chi connectivity index (χ2n) is 7.48. The first kappa shape index (κ1) is 19.0. The maximum Gasteiger partial charge on any atom is 0.252 e. The van der Waals surface area contributed by atoms with Gasteiger partial charge in [-0.1, -0.05) is 26.0 Å². The van der Waals surface area contributed by atoms with E-state index in [-0.39, 0.29) is 29.7 Å². The second-order valence-corrected chi connectivity index (χ2v) is 7.48. The number of nitrogens with zero attached hydrogens (tertiary/aromatic N) is 3. The van der Waals surface area contributed by atoms with Crippen LogP contribution >= 0.6 is 0 Å². The third-order valence-corrected chi connectivity index (χ3v) is 4.61. The Morgan fingerprint density at radius 3 is 2.41 bits per heavy atom. The summed E-state index contributed by atoms with van der Waals surface area (Å²) in [4.78, 5) is 17.7. The zero-order chi connectivity index (χ0) is 19.7. The Morgan fingerprint density at radius 2 is 1.81 bits per heavy atom. The molecule has 27 heavy (non-hydrogen) atoms. The van der Waals surface area contributed by atoms with Crippen molar-refractivity contribution in [1.82, 2.24) is 20.1 Å². The quantitative estimate of drug-likeness (QED) is 0.717. The van der Waals surface area contributed by atoms with Gasteiger partial charge in [0.2, 0.25) is 0 Å². The molecule has 3 aromatic rings. The molecule has 0 aliphatic carbocycles. The molecule has 3 rings (SSSR count). The summed E-state index contributed by atoms with van der Waals surface area (Å²) >= 11 is 0. The molecule has 1 atom stereocenters. The Balaban J connectivity index is 1.98. The lowest BCUT2D eigenvalue weighted by atomic mass is 9.95. The first-order valence-electron chi connectivity index (χ1n) is 9.19. The molecule has 1 aromatic carbocycles. The van der Waals surface area contributed by atoms with Gasteiger partial charge >= 0.3 is 0 Å². The molecule has 0 radical (unpaired) electrons. The molecule has 0 aliphatic heterocycles. The van der Waals surface area contributed by atoms with Crippen molar-refractivity contribution in [2.24, 2.45) is 5.92 Å². The van der Waals surface area contributed by atoms with E-state index in [0.717, 1.165) is 16.6 Å². The maximum atomic E-state index is 13.3. The van der Waals surface area contributed by atoms with Crippen molar-refractivity contribution in [3.63, 3.8) is 0 Å². The van der Waals surface area contributed by atoms with Crippen LogP contribution in [0.15, 0.2) is 36.5 Å². The Labute approximate surface area is 158 Å². The van der Waals surface area contributed by atoms with Gasteiger partial charge in [0, 0.05) is 11.7 Å². The summed E-state index contributed by atoms with van der Waals surface area (Å²) in [5.74, 6) is -0.326. The summed E-state index contributed by atoms with van der Waals surface area (Å²) < 4.78 is 15.1. The number of fused-ring (bicyclic) bond motifs is 1. The van der Waals surface area contributed by atoms with Gasteiger partial charge in [0.1, 0.15) is 5.82 Å². The number of aryl methyl sites for hydroxylation is 1. The lowest BCUT2D eigenvalue weighted by Gasteiger charge is -2.23. The molecule has 142 valence electrons. The number of carbonyl (C=O) groups excluding carboxylic acids is 1. The first-order valence-corrected chi connectivity index (χ1v) is 9.19. The van der Waals surface area contributed by atoms with E-state index in [1.54, 1.807) is 24.4 Å². The van der Waals surface area contributed by atoms with Gasteiger partial charge in [-0.05, 0) is 50.5 Å². The lowest BCUT2D eigenvalue weighted by molar-refractivity contribution is 0.0927. The van der Waals surface area contributed by atoms with Crippen molar-refractivity contribution in [1.29, 1.82) is 0 Å². The molecule has 2 aromatic heterocycles. The van der Waals surface area contributed by atoms with E-state index in [9.17, 15) is 9.18 Å². The molecule has 0 spiro atoms. The number of rotatable bonds is 5. The van der Waals surface area contributed by atoms with Crippen LogP contribution in [0.4, 0.5) is 4.39 Å². The fourth-order valence-electron chi connectivity index (χ4n) is 3.23. The zero-order valence-electron chi connectivity index (χ0n) is 16.3. The van der Waals surface area contributed by atoms with Gasteiger partial charge < -0.3 is 5.32 Å². The summed E-state index contributed by atoms with van der Waals surface area (Å²) in [7, 11) is 0. The highest BCUT2D eigenvalue weighted by Crippen LogP contribution is 2.25. The smallest absolute Gasteiger partial charge is 0.252 e. The molecule has 0 bridgehead atoms. The second kappa shape index (κ2) is 7.47. The van der Waals surface area contributed by atoms with Gasteiger partial charge in [-0.15, -0.1) is 0 Å². The van der Waals surface area contributed by atoms with Crippen LogP contribution < -0.4 is 5.32 Å². The van der Waals surface area contributed by atoms with Gasteiger partial charge in [-0.3, -0.25) is 4.79 Å². The summed E-state index contributed by atoms with van der Waals surface area (Å²) in [6.07, 6.45) is 1.69. The fourth-order valence-corrected chi connectivity index (χ4v) is 3.23. The van der Waals surface area contributed by atoms with E-state index < -0.39 is 0 Å². The van der Waals surface area contributed by atoms with Crippen LogP contribution in [0.2, 0.25) is 0 Å². The number of hydrogen-bond acceptors (Lipinski definition) is 3. The Morgan fingerprint density at radius 1 is 1.15 bits per heavy atom. The average Bonchev–Trinajstić information content (AvgIpc) is 3.03. The molecule has 5 nitrogen and oxygen atoms in total. The molecule has 6 heteroatoms. The van der Waals surface area contributed by atoms with Crippen LogP contribution in [-0.2, 0) is 0 Å². The minimum absolute atomic E-state index is 0.148. The van der Waals surface area contributed by atoms with E-state index in [1.165, 1.54) is 12.1 Å². The topological polar surface area (TPSA) is 59.8 Å². The molecule has 0 saturated heterocycles.